The first-order valence-corrected chi connectivity index (χ1v) is 7.74. The Balaban J connectivity index is 2.09. The molecule has 1 rings (SSSR count). The molecule has 0 amide bonds. The van der Waals surface area contributed by atoms with E-state index in [1.807, 2.05) is 0 Å². The minimum absolute atomic E-state index is 0.746. The SMILES string of the molecule is CCCNC1CCN(CCCCCOC)C(C)C1. The summed E-state index contributed by atoms with van der Waals surface area (Å²) >= 11 is 0. The number of rotatable bonds is 9. The van der Waals surface area contributed by atoms with Crippen LogP contribution in [0.5, 0.6) is 0 Å². The number of nitrogens with one attached hydrogen (secondary N) is 1. The van der Waals surface area contributed by atoms with Crippen LogP contribution in [0, 0.1) is 0 Å². The lowest BCUT2D eigenvalue weighted by Crippen LogP contribution is -2.47. The van der Waals surface area contributed by atoms with Gasteiger partial charge in [0.15, 0.2) is 0 Å². The van der Waals surface area contributed by atoms with E-state index in [0.717, 1.165) is 18.7 Å². The Bertz CT molecular complexity index is 197. The van der Waals surface area contributed by atoms with Crippen molar-refractivity contribution in [3.8, 4) is 0 Å². The normalized spacial score (nSPS) is 25.5. The molecule has 0 aliphatic carbocycles. The van der Waals surface area contributed by atoms with Crippen molar-refractivity contribution in [3.63, 3.8) is 0 Å². The summed E-state index contributed by atoms with van der Waals surface area (Å²) in [6, 6.07) is 1.50. The zero-order valence-electron chi connectivity index (χ0n) is 12.6. The molecule has 18 heavy (non-hydrogen) atoms. The standard InChI is InChI=1S/C15H32N2O/c1-4-9-16-15-8-11-17(14(2)13-15)10-6-5-7-12-18-3/h14-16H,4-13H2,1-3H3. The first kappa shape index (κ1) is 15.9. The van der Waals surface area contributed by atoms with E-state index >= 15 is 0 Å². The van der Waals surface area contributed by atoms with Gasteiger partial charge in [-0.05, 0) is 65.1 Å². The van der Waals surface area contributed by atoms with Gasteiger partial charge in [-0.25, -0.2) is 0 Å². The topological polar surface area (TPSA) is 24.5 Å². The molecule has 1 fully saturated rings. The Morgan fingerprint density at radius 1 is 1.28 bits per heavy atom. The van der Waals surface area contributed by atoms with Gasteiger partial charge in [0, 0.05) is 25.8 Å². The quantitative estimate of drug-likeness (QED) is 0.642. The minimum Gasteiger partial charge on any atom is -0.385 e. The summed E-state index contributed by atoms with van der Waals surface area (Å²) in [5.41, 5.74) is 0. The molecule has 0 aromatic heterocycles. The fourth-order valence-electron chi connectivity index (χ4n) is 2.82. The number of ether oxygens (including phenoxy) is 1. The number of methoxy groups -OCH3 is 1. The van der Waals surface area contributed by atoms with Gasteiger partial charge in [-0.3, -0.25) is 0 Å². The molecule has 3 nitrogen and oxygen atoms in total. The van der Waals surface area contributed by atoms with Crippen LogP contribution >= 0.6 is 0 Å². The number of hydrogen-bond donors (Lipinski definition) is 1. The summed E-state index contributed by atoms with van der Waals surface area (Å²) in [6.45, 7) is 9.26. The van der Waals surface area contributed by atoms with Crippen LogP contribution in [0.25, 0.3) is 0 Å². The molecule has 0 saturated carbocycles. The van der Waals surface area contributed by atoms with Crippen molar-refractivity contribution in [2.24, 2.45) is 0 Å². The van der Waals surface area contributed by atoms with Crippen LogP contribution < -0.4 is 5.32 Å². The molecule has 1 aliphatic heterocycles. The molecular weight excluding hydrogens is 224 g/mol. The van der Waals surface area contributed by atoms with E-state index in [1.54, 1.807) is 7.11 Å². The number of hydrogen-bond acceptors (Lipinski definition) is 3. The van der Waals surface area contributed by atoms with Crippen molar-refractivity contribution >= 4 is 0 Å². The molecule has 1 aliphatic rings. The zero-order valence-corrected chi connectivity index (χ0v) is 12.6. The monoisotopic (exact) mass is 256 g/mol. The van der Waals surface area contributed by atoms with E-state index < -0.39 is 0 Å². The number of unbranched alkanes of at least 4 members (excludes halogenated alkanes) is 2. The van der Waals surface area contributed by atoms with Gasteiger partial charge in [-0.1, -0.05) is 6.92 Å². The highest BCUT2D eigenvalue weighted by molar-refractivity contribution is 4.82. The summed E-state index contributed by atoms with van der Waals surface area (Å²) < 4.78 is 5.08. The Kier molecular flexibility index (Phi) is 8.64. The predicted octanol–water partition coefficient (Wildman–Crippen LogP) is 2.66. The maximum atomic E-state index is 5.08. The fraction of sp³-hybridized carbons (Fsp3) is 1.00. The van der Waals surface area contributed by atoms with Gasteiger partial charge in [0.2, 0.25) is 0 Å². The van der Waals surface area contributed by atoms with E-state index in [2.05, 4.69) is 24.1 Å². The summed E-state index contributed by atoms with van der Waals surface area (Å²) in [4.78, 5) is 2.66. The molecule has 0 bridgehead atoms. The summed E-state index contributed by atoms with van der Waals surface area (Å²) in [5.74, 6) is 0. The van der Waals surface area contributed by atoms with E-state index in [9.17, 15) is 0 Å². The van der Waals surface area contributed by atoms with Crippen molar-refractivity contribution in [1.82, 2.24) is 10.2 Å². The third-order valence-electron chi connectivity index (χ3n) is 3.99. The summed E-state index contributed by atoms with van der Waals surface area (Å²) in [6.07, 6.45) is 7.71. The van der Waals surface area contributed by atoms with Crippen molar-refractivity contribution in [2.75, 3.05) is 33.4 Å². The van der Waals surface area contributed by atoms with Crippen LogP contribution in [0.15, 0.2) is 0 Å². The molecule has 1 N–H and O–H groups in total. The second kappa shape index (κ2) is 9.76. The first-order valence-electron chi connectivity index (χ1n) is 7.74. The molecule has 1 saturated heterocycles. The van der Waals surface area contributed by atoms with Crippen molar-refractivity contribution in [1.29, 1.82) is 0 Å². The minimum atomic E-state index is 0.746. The van der Waals surface area contributed by atoms with Crippen LogP contribution in [0.1, 0.15) is 52.4 Å². The van der Waals surface area contributed by atoms with Crippen LogP contribution in [-0.2, 0) is 4.74 Å². The zero-order chi connectivity index (χ0) is 13.2. The Hall–Kier alpha value is -0.120. The number of likely N-dealkylation sites (tertiary alicyclic amines) is 1. The summed E-state index contributed by atoms with van der Waals surface area (Å²) in [7, 11) is 1.79. The highest BCUT2D eigenvalue weighted by Crippen LogP contribution is 2.18. The van der Waals surface area contributed by atoms with Gasteiger partial charge in [0.05, 0.1) is 0 Å². The van der Waals surface area contributed by atoms with E-state index in [0.29, 0.717) is 0 Å². The van der Waals surface area contributed by atoms with Crippen LogP contribution in [-0.4, -0.2) is 50.3 Å². The molecule has 2 atom stereocenters. The van der Waals surface area contributed by atoms with Gasteiger partial charge < -0.3 is 15.0 Å². The van der Waals surface area contributed by atoms with Gasteiger partial charge >= 0.3 is 0 Å². The third kappa shape index (κ3) is 6.17. The second-order valence-electron chi connectivity index (χ2n) is 5.61. The highest BCUT2D eigenvalue weighted by atomic mass is 16.5. The molecule has 3 heteroatoms. The van der Waals surface area contributed by atoms with Crippen LogP contribution in [0.2, 0.25) is 0 Å². The highest BCUT2D eigenvalue weighted by Gasteiger charge is 2.24. The predicted molar refractivity (Wildman–Crippen MR) is 78.1 cm³/mol. The lowest BCUT2D eigenvalue weighted by atomic mass is 9.97. The maximum Gasteiger partial charge on any atom is 0.0462 e. The van der Waals surface area contributed by atoms with E-state index in [4.69, 9.17) is 4.74 Å². The number of piperidine rings is 1. The van der Waals surface area contributed by atoms with Crippen LogP contribution in [0.3, 0.4) is 0 Å². The second-order valence-corrected chi connectivity index (χ2v) is 5.61. The van der Waals surface area contributed by atoms with Gasteiger partial charge in [0.1, 0.15) is 0 Å². The lowest BCUT2D eigenvalue weighted by molar-refractivity contribution is 0.131. The summed E-state index contributed by atoms with van der Waals surface area (Å²) in [5, 5.41) is 3.66. The average Bonchev–Trinajstić information content (AvgIpc) is 2.38. The van der Waals surface area contributed by atoms with Gasteiger partial charge in [-0.15, -0.1) is 0 Å². The maximum absolute atomic E-state index is 5.08. The van der Waals surface area contributed by atoms with Crippen molar-refractivity contribution in [3.05, 3.63) is 0 Å². The fourth-order valence-corrected chi connectivity index (χ4v) is 2.82. The Labute approximate surface area is 113 Å². The Morgan fingerprint density at radius 3 is 2.78 bits per heavy atom. The molecule has 108 valence electrons. The van der Waals surface area contributed by atoms with Gasteiger partial charge in [-0.2, -0.15) is 0 Å². The van der Waals surface area contributed by atoms with E-state index in [-0.39, 0.29) is 0 Å². The van der Waals surface area contributed by atoms with Crippen LogP contribution in [0.4, 0.5) is 0 Å². The van der Waals surface area contributed by atoms with E-state index in [1.165, 1.54) is 58.2 Å². The van der Waals surface area contributed by atoms with Gasteiger partial charge in [0.25, 0.3) is 0 Å². The third-order valence-corrected chi connectivity index (χ3v) is 3.99. The largest absolute Gasteiger partial charge is 0.385 e. The lowest BCUT2D eigenvalue weighted by Gasteiger charge is -2.38. The average molecular weight is 256 g/mol. The molecular formula is C15H32N2O. The van der Waals surface area contributed by atoms with Crippen molar-refractivity contribution < 1.29 is 4.74 Å². The molecule has 0 radical (unpaired) electrons. The van der Waals surface area contributed by atoms with Crippen molar-refractivity contribution in [2.45, 2.75) is 64.5 Å². The first-order chi connectivity index (χ1) is 8.77. The Morgan fingerprint density at radius 2 is 2.11 bits per heavy atom. The molecule has 2 unspecified atom stereocenters. The number of nitrogens with zero attached hydrogens (tertiary/aromatic N) is 1. The molecule has 1 heterocycles. The molecule has 0 aromatic carbocycles. The molecule has 0 spiro atoms. The molecule has 0 aromatic rings. The smallest absolute Gasteiger partial charge is 0.0462 e.